The number of amides is 1. The summed E-state index contributed by atoms with van der Waals surface area (Å²) in [5, 5.41) is 1.51. The minimum atomic E-state index is -0.670. The van der Waals surface area contributed by atoms with Crippen LogP contribution in [0.3, 0.4) is 0 Å². The molecule has 3 heterocycles. The average molecular weight is 498 g/mol. The number of methoxy groups -OCH3 is 1. The van der Waals surface area contributed by atoms with E-state index in [1.54, 1.807) is 25.4 Å². The Balaban J connectivity index is 1.31. The smallest absolute Gasteiger partial charge is 0.429 e. The number of halogens is 1. The molecule has 3 aromatic rings. The molecule has 0 saturated carbocycles. The molecule has 10 heteroatoms. The molecule has 9 nitrogen and oxygen atoms in total. The number of nitrogens with two attached hydrogens (primary N) is 1. The molecule has 1 fully saturated rings. The summed E-state index contributed by atoms with van der Waals surface area (Å²) >= 11 is 6.37. The molecule has 1 aliphatic rings. The first-order valence-electron chi connectivity index (χ1n) is 11.3. The van der Waals surface area contributed by atoms with Crippen LogP contribution in [0.25, 0.3) is 0 Å². The van der Waals surface area contributed by atoms with Gasteiger partial charge >= 0.3 is 6.09 Å². The molecule has 1 aromatic carbocycles. The van der Waals surface area contributed by atoms with Gasteiger partial charge in [0.25, 0.3) is 0 Å². The highest BCUT2D eigenvalue weighted by Crippen LogP contribution is 2.32. The minimum Gasteiger partial charge on any atom is -0.481 e. The fourth-order valence-corrected chi connectivity index (χ4v) is 4.14. The summed E-state index contributed by atoms with van der Waals surface area (Å²) in [6.45, 7) is 3.79. The normalized spacial score (nSPS) is 17.5. The van der Waals surface area contributed by atoms with E-state index in [2.05, 4.69) is 21.8 Å². The van der Waals surface area contributed by atoms with Crippen LogP contribution in [0.4, 0.5) is 16.2 Å². The van der Waals surface area contributed by atoms with Gasteiger partial charge in [-0.05, 0) is 11.6 Å². The van der Waals surface area contributed by atoms with Gasteiger partial charge in [0.2, 0.25) is 11.8 Å². The molecule has 4 rings (SSSR count). The van der Waals surface area contributed by atoms with Crippen LogP contribution >= 0.6 is 11.6 Å². The number of rotatable bonds is 7. The lowest BCUT2D eigenvalue weighted by Crippen LogP contribution is -2.44. The lowest BCUT2D eigenvalue weighted by Gasteiger charge is -2.38. The molecule has 2 aromatic heterocycles. The van der Waals surface area contributed by atoms with Gasteiger partial charge in [0.1, 0.15) is 12.7 Å². The number of hydrogen-bond acceptors (Lipinski definition) is 8. The summed E-state index contributed by atoms with van der Waals surface area (Å²) in [6.07, 6.45) is 3.20. The van der Waals surface area contributed by atoms with Crippen molar-refractivity contribution in [1.29, 1.82) is 0 Å². The number of piperidine rings is 1. The van der Waals surface area contributed by atoms with Gasteiger partial charge in [-0.25, -0.2) is 25.6 Å². The third kappa shape index (κ3) is 6.12. The summed E-state index contributed by atoms with van der Waals surface area (Å²) < 4.78 is 16.6. The van der Waals surface area contributed by atoms with Crippen molar-refractivity contribution in [2.75, 3.05) is 30.1 Å². The summed E-state index contributed by atoms with van der Waals surface area (Å²) in [7, 11) is 1.58. The van der Waals surface area contributed by atoms with E-state index in [4.69, 9.17) is 31.7 Å². The first-order chi connectivity index (χ1) is 16.9. The molecule has 35 heavy (non-hydrogen) atoms. The maximum absolute atomic E-state index is 12.3. The molecular formula is C25H28ClN5O4. The van der Waals surface area contributed by atoms with Crippen LogP contribution in [0, 0.1) is 5.92 Å². The van der Waals surface area contributed by atoms with E-state index in [0.717, 1.165) is 35.8 Å². The predicted molar refractivity (Wildman–Crippen MR) is 134 cm³/mol. The Labute approximate surface area is 209 Å². The highest BCUT2D eigenvalue weighted by molar-refractivity contribution is 6.33. The van der Waals surface area contributed by atoms with Crippen molar-refractivity contribution in [3.8, 4) is 11.8 Å². The van der Waals surface area contributed by atoms with Gasteiger partial charge in [0.15, 0.2) is 0 Å². The van der Waals surface area contributed by atoms with Crippen LogP contribution in [0.15, 0.2) is 60.9 Å². The zero-order valence-electron chi connectivity index (χ0n) is 19.6. The first-order valence-corrected chi connectivity index (χ1v) is 11.6. The van der Waals surface area contributed by atoms with Gasteiger partial charge in [0.05, 0.1) is 35.9 Å². The topological polar surface area (TPSA) is 103 Å². The van der Waals surface area contributed by atoms with E-state index in [9.17, 15) is 4.79 Å². The molecule has 1 aliphatic heterocycles. The van der Waals surface area contributed by atoms with Crippen LogP contribution in [0.1, 0.15) is 18.9 Å². The Bertz CT molecular complexity index is 1130. The second-order valence-corrected chi connectivity index (χ2v) is 8.72. The van der Waals surface area contributed by atoms with Crippen LogP contribution < -0.4 is 25.2 Å². The fraction of sp³-hybridized carbons (Fsp3) is 0.320. The van der Waals surface area contributed by atoms with Crippen molar-refractivity contribution in [3.05, 3.63) is 71.5 Å². The van der Waals surface area contributed by atoms with Gasteiger partial charge in [0, 0.05) is 37.6 Å². The first kappa shape index (κ1) is 24.6. The summed E-state index contributed by atoms with van der Waals surface area (Å²) in [5.41, 5.74) is 2.18. The minimum absolute atomic E-state index is 0.0167. The van der Waals surface area contributed by atoms with E-state index in [1.807, 2.05) is 36.4 Å². The molecule has 0 radical (unpaired) electrons. The Kier molecular flexibility index (Phi) is 7.89. The van der Waals surface area contributed by atoms with Crippen LogP contribution in [-0.2, 0) is 11.3 Å². The van der Waals surface area contributed by atoms with Crippen molar-refractivity contribution in [2.24, 2.45) is 11.8 Å². The molecule has 1 amide bonds. The van der Waals surface area contributed by atoms with Gasteiger partial charge in [-0.1, -0.05) is 48.9 Å². The second-order valence-electron chi connectivity index (χ2n) is 8.31. The number of carbonyl (C=O) groups excluding carboxylic acids is 1. The maximum atomic E-state index is 12.3. The Morgan fingerprint density at radius 1 is 1.17 bits per heavy atom. The monoisotopic (exact) mass is 497 g/mol. The fourth-order valence-electron chi connectivity index (χ4n) is 3.92. The molecule has 0 bridgehead atoms. The SMILES string of the molecule is COc1cc(N2CCC(Oc3ccc(N(N)C(=O)OCc4ccccc4)cn3)C(C)C2)c(Cl)cn1. The highest BCUT2D eigenvalue weighted by atomic mass is 35.5. The van der Waals surface area contributed by atoms with Gasteiger partial charge in [-0.3, -0.25) is 0 Å². The van der Waals surface area contributed by atoms with E-state index in [-0.39, 0.29) is 18.6 Å². The third-order valence-corrected chi connectivity index (χ3v) is 6.15. The number of pyridine rings is 2. The molecule has 0 spiro atoms. The zero-order valence-corrected chi connectivity index (χ0v) is 20.4. The van der Waals surface area contributed by atoms with Crippen molar-refractivity contribution < 1.29 is 19.0 Å². The largest absolute Gasteiger partial charge is 0.481 e. The third-order valence-electron chi connectivity index (χ3n) is 5.86. The number of nitrogens with zero attached hydrogens (tertiary/aromatic N) is 4. The van der Waals surface area contributed by atoms with Crippen molar-refractivity contribution in [1.82, 2.24) is 9.97 Å². The number of anilines is 2. The molecular weight excluding hydrogens is 470 g/mol. The maximum Gasteiger partial charge on any atom is 0.429 e. The van der Waals surface area contributed by atoms with Crippen molar-refractivity contribution in [3.63, 3.8) is 0 Å². The van der Waals surface area contributed by atoms with Crippen LogP contribution in [0.2, 0.25) is 5.02 Å². The molecule has 2 unspecified atom stereocenters. The Morgan fingerprint density at radius 2 is 1.94 bits per heavy atom. The predicted octanol–water partition coefficient (Wildman–Crippen LogP) is 4.45. The molecule has 2 N–H and O–H groups in total. The average Bonchev–Trinajstić information content (AvgIpc) is 2.89. The van der Waals surface area contributed by atoms with E-state index in [1.165, 1.54) is 6.20 Å². The summed E-state index contributed by atoms with van der Waals surface area (Å²) in [6, 6.07) is 14.6. The van der Waals surface area contributed by atoms with Gasteiger partial charge in [-0.15, -0.1) is 0 Å². The number of carbonyl (C=O) groups is 1. The van der Waals surface area contributed by atoms with Crippen molar-refractivity contribution >= 4 is 29.1 Å². The lowest BCUT2D eigenvalue weighted by atomic mass is 9.96. The summed E-state index contributed by atoms with van der Waals surface area (Å²) in [5.74, 6) is 7.12. The van der Waals surface area contributed by atoms with E-state index < -0.39 is 6.09 Å². The molecule has 184 valence electrons. The van der Waals surface area contributed by atoms with Crippen LogP contribution in [0.5, 0.6) is 11.8 Å². The van der Waals surface area contributed by atoms with Crippen LogP contribution in [-0.4, -0.2) is 42.4 Å². The quantitative estimate of drug-likeness (QED) is 0.290. The number of aromatic nitrogens is 2. The van der Waals surface area contributed by atoms with E-state index in [0.29, 0.717) is 22.5 Å². The summed E-state index contributed by atoms with van der Waals surface area (Å²) in [4.78, 5) is 22.9. The lowest BCUT2D eigenvalue weighted by molar-refractivity contribution is 0.116. The standard InChI is InChI=1S/C25H28ClN5O4/c1-17-15-30(21-12-24(33-2)29-14-20(21)26)11-10-22(17)35-23-9-8-19(13-28-23)31(27)25(32)34-16-18-6-4-3-5-7-18/h3-9,12-14,17,22H,10-11,15-16,27H2,1-2H3. The number of hydrogen-bond donors (Lipinski definition) is 1. The Hall–Kier alpha value is -3.56. The zero-order chi connectivity index (χ0) is 24.8. The molecule has 0 aliphatic carbocycles. The van der Waals surface area contributed by atoms with Gasteiger partial charge in [-0.2, -0.15) is 0 Å². The highest BCUT2D eigenvalue weighted by Gasteiger charge is 2.29. The van der Waals surface area contributed by atoms with Crippen molar-refractivity contribution in [2.45, 2.75) is 26.1 Å². The second kappa shape index (κ2) is 11.2. The van der Waals surface area contributed by atoms with Gasteiger partial charge < -0.3 is 19.1 Å². The molecule has 1 saturated heterocycles. The number of benzene rings is 1. The number of hydrazine groups is 1. The molecule has 2 atom stereocenters. The van der Waals surface area contributed by atoms with E-state index >= 15 is 0 Å². The Morgan fingerprint density at radius 3 is 2.63 bits per heavy atom. The number of ether oxygens (including phenoxy) is 3.